The lowest BCUT2D eigenvalue weighted by Crippen LogP contribution is -2.33. The number of hydrogen-bond donors (Lipinski definition) is 3. The molecule has 1 atom stereocenters. The Morgan fingerprint density at radius 3 is 2.94 bits per heavy atom. The van der Waals surface area contributed by atoms with Crippen LogP contribution in [0.2, 0.25) is 0 Å². The first-order valence-electron chi connectivity index (χ1n) is 4.77. The molecule has 5 N–H and O–H groups in total. The molecule has 0 saturated carbocycles. The van der Waals surface area contributed by atoms with Gasteiger partial charge in [0.05, 0.1) is 11.3 Å². The number of aromatic nitrogens is 2. The summed E-state index contributed by atoms with van der Waals surface area (Å²) in [4.78, 5) is 19.9. The summed E-state index contributed by atoms with van der Waals surface area (Å²) in [7, 11) is 1.78. The monoisotopic (exact) mass is 241 g/mol. The molecule has 0 amide bonds. The fraction of sp³-hybridized carbons (Fsp3) is 0.444. The van der Waals surface area contributed by atoms with Gasteiger partial charge in [-0.05, 0) is 0 Å². The summed E-state index contributed by atoms with van der Waals surface area (Å²) < 4.78 is 0. The van der Waals surface area contributed by atoms with Crippen molar-refractivity contribution in [3.8, 4) is 0 Å². The van der Waals surface area contributed by atoms with Crippen molar-refractivity contribution < 1.29 is 0 Å². The Bertz CT molecular complexity index is 444. The van der Waals surface area contributed by atoms with Gasteiger partial charge in [0.15, 0.2) is 5.82 Å². The van der Waals surface area contributed by atoms with E-state index in [4.69, 9.17) is 23.7 Å². The lowest BCUT2D eigenvalue weighted by molar-refractivity contribution is 0.734. The van der Waals surface area contributed by atoms with Gasteiger partial charge in [0, 0.05) is 19.5 Å². The maximum absolute atomic E-state index is 11.3. The third-order valence-electron chi connectivity index (χ3n) is 2.26. The van der Waals surface area contributed by atoms with Gasteiger partial charge in [-0.3, -0.25) is 4.79 Å². The van der Waals surface area contributed by atoms with E-state index in [2.05, 4.69) is 9.97 Å². The Morgan fingerprint density at radius 2 is 2.38 bits per heavy atom. The summed E-state index contributed by atoms with van der Waals surface area (Å²) in [6.45, 7) is 2.47. The van der Waals surface area contributed by atoms with E-state index in [0.717, 1.165) is 0 Å². The van der Waals surface area contributed by atoms with Gasteiger partial charge in [-0.15, -0.1) is 0 Å². The van der Waals surface area contributed by atoms with Gasteiger partial charge in [-0.2, -0.15) is 0 Å². The second-order valence-corrected chi connectivity index (χ2v) is 4.12. The molecule has 0 bridgehead atoms. The van der Waals surface area contributed by atoms with Crippen molar-refractivity contribution >= 4 is 28.7 Å². The third-order valence-corrected chi connectivity index (χ3v) is 2.67. The maximum atomic E-state index is 11.3. The number of nitrogens with zero attached hydrogens (tertiary/aromatic N) is 2. The zero-order valence-corrected chi connectivity index (χ0v) is 10.0. The van der Waals surface area contributed by atoms with E-state index < -0.39 is 0 Å². The van der Waals surface area contributed by atoms with Crippen LogP contribution >= 0.6 is 12.2 Å². The van der Waals surface area contributed by atoms with Gasteiger partial charge < -0.3 is 21.4 Å². The van der Waals surface area contributed by atoms with Crippen LogP contribution < -0.4 is 21.9 Å². The van der Waals surface area contributed by atoms with Crippen LogP contribution in [0, 0.1) is 5.92 Å². The first-order valence-corrected chi connectivity index (χ1v) is 5.18. The Morgan fingerprint density at radius 1 is 1.75 bits per heavy atom. The molecule has 1 rings (SSSR count). The van der Waals surface area contributed by atoms with E-state index in [1.807, 2.05) is 6.92 Å². The van der Waals surface area contributed by atoms with Crippen LogP contribution in [0.1, 0.15) is 6.92 Å². The molecule has 0 radical (unpaired) electrons. The minimum atomic E-state index is -0.347. The van der Waals surface area contributed by atoms with Crippen LogP contribution in [-0.4, -0.2) is 28.5 Å². The van der Waals surface area contributed by atoms with E-state index >= 15 is 0 Å². The number of nitrogens with one attached hydrogen (secondary N) is 1. The van der Waals surface area contributed by atoms with Crippen molar-refractivity contribution in [1.82, 2.24) is 9.97 Å². The zero-order chi connectivity index (χ0) is 12.3. The Hall–Kier alpha value is -1.63. The lowest BCUT2D eigenvalue weighted by atomic mass is 10.2. The second-order valence-electron chi connectivity index (χ2n) is 3.65. The summed E-state index contributed by atoms with van der Waals surface area (Å²) in [5.74, 6) is 0.465. The van der Waals surface area contributed by atoms with Gasteiger partial charge in [0.1, 0.15) is 5.69 Å². The molecule has 0 aliphatic carbocycles. The molecule has 0 spiro atoms. The number of nitrogen functional groups attached to an aromatic ring is 1. The number of rotatable bonds is 4. The molecule has 1 unspecified atom stereocenters. The molecule has 7 heteroatoms. The molecular weight excluding hydrogens is 226 g/mol. The van der Waals surface area contributed by atoms with Crippen LogP contribution in [0.15, 0.2) is 11.1 Å². The molecule has 0 aliphatic heterocycles. The number of aromatic amines is 1. The first kappa shape index (κ1) is 12.4. The van der Waals surface area contributed by atoms with Gasteiger partial charge in [-0.1, -0.05) is 19.1 Å². The number of H-pyrrole nitrogens is 1. The Kier molecular flexibility index (Phi) is 3.83. The fourth-order valence-corrected chi connectivity index (χ4v) is 1.37. The van der Waals surface area contributed by atoms with E-state index in [0.29, 0.717) is 17.4 Å². The van der Waals surface area contributed by atoms with Gasteiger partial charge in [0.25, 0.3) is 5.56 Å². The standard InChI is InChI=1S/C9H15N5OS/c1-5(7(11)16)3-14(2)8-6(10)9(15)13-4-12-8/h4-5H,3,10H2,1-2H3,(H2,11,16)(H,12,13,15). The Balaban J connectivity index is 2.89. The summed E-state index contributed by atoms with van der Waals surface area (Å²) in [5, 5.41) is 0. The predicted octanol–water partition coefficient (Wildman–Crippen LogP) is -0.289. The van der Waals surface area contributed by atoms with Crippen molar-refractivity contribution in [1.29, 1.82) is 0 Å². The SMILES string of the molecule is CC(CN(C)c1nc[nH]c(=O)c1N)C(N)=S. The number of hydrogen-bond acceptors (Lipinski definition) is 5. The average molecular weight is 241 g/mol. The highest BCUT2D eigenvalue weighted by Gasteiger charge is 2.13. The normalized spacial score (nSPS) is 12.1. The number of anilines is 2. The maximum Gasteiger partial charge on any atom is 0.276 e. The molecule has 1 heterocycles. The highest BCUT2D eigenvalue weighted by Crippen LogP contribution is 2.14. The Labute approximate surface area is 98.7 Å². The fourth-order valence-electron chi connectivity index (χ4n) is 1.29. The molecule has 88 valence electrons. The van der Waals surface area contributed by atoms with Gasteiger partial charge in [0.2, 0.25) is 0 Å². The predicted molar refractivity (Wildman–Crippen MR) is 68.5 cm³/mol. The van der Waals surface area contributed by atoms with Crippen LogP contribution in [-0.2, 0) is 0 Å². The quantitative estimate of drug-likeness (QED) is 0.626. The molecule has 0 fully saturated rings. The van der Waals surface area contributed by atoms with Crippen molar-refractivity contribution in [3.05, 3.63) is 16.7 Å². The van der Waals surface area contributed by atoms with Crippen LogP contribution in [0.4, 0.5) is 11.5 Å². The van der Waals surface area contributed by atoms with Crippen LogP contribution in [0.3, 0.4) is 0 Å². The molecule has 6 nitrogen and oxygen atoms in total. The van der Waals surface area contributed by atoms with E-state index in [-0.39, 0.29) is 17.2 Å². The first-order chi connectivity index (χ1) is 7.43. The lowest BCUT2D eigenvalue weighted by Gasteiger charge is -2.22. The van der Waals surface area contributed by atoms with E-state index in [9.17, 15) is 4.79 Å². The number of nitrogens with two attached hydrogens (primary N) is 2. The minimum Gasteiger partial charge on any atom is -0.393 e. The molecule has 0 aromatic carbocycles. The average Bonchev–Trinajstić information content (AvgIpc) is 2.21. The summed E-state index contributed by atoms with van der Waals surface area (Å²) >= 11 is 4.88. The van der Waals surface area contributed by atoms with E-state index in [1.165, 1.54) is 6.33 Å². The highest BCUT2D eigenvalue weighted by molar-refractivity contribution is 7.80. The molecule has 16 heavy (non-hydrogen) atoms. The molecule has 0 aliphatic rings. The summed E-state index contributed by atoms with van der Waals surface area (Å²) in [6, 6.07) is 0. The molecule has 0 saturated heterocycles. The minimum absolute atomic E-state index is 0.0282. The molecule has 1 aromatic rings. The van der Waals surface area contributed by atoms with Crippen LogP contribution in [0.5, 0.6) is 0 Å². The number of thiocarbonyl (C=S) groups is 1. The summed E-state index contributed by atoms with van der Waals surface area (Å²) in [6.07, 6.45) is 1.32. The van der Waals surface area contributed by atoms with Crippen molar-refractivity contribution in [3.63, 3.8) is 0 Å². The smallest absolute Gasteiger partial charge is 0.276 e. The van der Waals surface area contributed by atoms with E-state index in [1.54, 1.807) is 11.9 Å². The van der Waals surface area contributed by atoms with Crippen molar-refractivity contribution in [2.45, 2.75) is 6.92 Å². The summed E-state index contributed by atoms with van der Waals surface area (Å²) in [5.41, 5.74) is 10.9. The largest absolute Gasteiger partial charge is 0.393 e. The zero-order valence-electron chi connectivity index (χ0n) is 9.23. The molecule has 1 aromatic heterocycles. The van der Waals surface area contributed by atoms with Crippen LogP contribution in [0.25, 0.3) is 0 Å². The van der Waals surface area contributed by atoms with Crippen molar-refractivity contribution in [2.24, 2.45) is 11.7 Å². The second kappa shape index (κ2) is 4.93. The molecular formula is C9H15N5OS. The topological polar surface area (TPSA) is 101 Å². The van der Waals surface area contributed by atoms with Gasteiger partial charge in [-0.25, -0.2) is 4.98 Å². The van der Waals surface area contributed by atoms with Gasteiger partial charge >= 0.3 is 0 Å². The van der Waals surface area contributed by atoms with Crippen molar-refractivity contribution in [2.75, 3.05) is 24.2 Å². The third kappa shape index (κ3) is 2.69. The highest BCUT2D eigenvalue weighted by atomic mass is 32.1.